The molecule has 4 rings (SSSR count). The molecule has 0 aromatic carbocycles. The Morgan fingerprint density at radius 3 is 2.80 bits per heavy atom. The molecule has 0 spiro atoms. The zero-order chi connectivity index (χ0) is 13.7. The lowest BCUT2D eigenvalue weighted by Crippen LogP contribution is -2.52. The summed E-state index contributed by atoms with van der Waals surface area (Å²) in [6.07, 6.45) is 7.01. The van der Waals surface area contributed by atoms with Gasteiger partial charge in [0.1, 0.15) is 5.69 Å². The first kappa shape index (κ1) is 12.9. The first-order valence-corrected chi connectivity index (χ1v) is 8.42. The molecule has 3 aliphatic rings. The first-order chi connectivity index (χ1) is 9.72. The summed E-state index contributed by atoms with van der Waals surface area (Å²) in [6, 6.07) is 3.13. The van der Waals surface area contributed by atoms with Crippen LogP contribution in [0.4, 0.5) is 0 Å². The molecule has 0 radical (unpaired) electrons. The standard InChI is InChI=1S/C15H20BrN3O/c16-11-8-14(19(9-11)12-3-4-12)15(20)18-7-6-17-5-1-2-13(17)10-18/h8-9,12-13H,1-7,10H2. The maximum atomic E-state index is 12.8. The van der Waals surface area contributed by atoms with Crippen LogP contribution in [0.3, 0.4) is 0 Å². The van der Waals surface area contributed by atoms with Crippen molar-refractivity contribution in [2.24, 2.45) is 0 Å². The molecule has 0 N–H and O–H groups in total. The number of aromatic nitrogens is 1. The highest BCUT2D eigenvalue weighted by molar-refractivity contribution is 9.10. The lowest BCUT2D eigenvalue weighted by molar-refractivity contribution is 0.0561. The second-order valence-corrected chi connectivity index (χ2v) is 7.18. The zero-order valence-electron chi connectivity index (χ0n) is 11.6. The van der Waals surface area contributed by atoms with Crippen LogP contribution in [0.25, 0.3) is 0 Å². The van der Waals surface area contributed by atoms with Gasteiger partial charge in [0.25, 0.3) is 5.91 Å². The number of piperazine rings is 1. The van der Waals surface area contributed by atoms with E-state index in [-0.39, 0.29) is 5.91 Å². The van der Waals surface area contributed by atoms with E-state index in [4.69, 9.17) is 0 Å². The molecule has 108 valence electrons. The second-order valence-electron chi connectivity index (χ2n) is 6.27. The molecular formula is C15H20BrN3O. The number of amides is 1. The van der Waals surface area contributed by atoms with Gasteiger partial charge in [0, 0.05) is 42.4 Å². The molecular weight excluding hydrogens is 318 g/mol. The van der Waals surface area contributed by atoms with Crippen molar-refractivity contribution in [3.8, 4) is 0 Å². The maximum Gasteiger partial charge on any atom is 0.270 e. The molecule has 1 unspecified atom stereocenters. The van der Waals surface area contributed by atoms with Gasteiger partial charge >= 0.3 is 0 Å². The predicted molar refractivity (Wildman–Crippen MR) is 80.9 cm³/mol. The quantitative estimate of drug-likeness (QED) is 0.829. The van der Waals surface area contributed by atoms with Crippen molar-refractivity contribution in [1.29, 1.82) is 0 Å². The molecule has 1 aromatic rings. The van der Waals surface area contributed by atoms with Crippen LogP contribution in [0, 0.1) is 0 Å². The molecule has 2 aliphatic heterocycles. The molecule has 20 heavy (non-hydrogen) atoms. The molecule has 0 bridgehead atoms. The Balaban J connectivity index is 1.55. The number of carbonyl (C=O) groups is 1. The molecule has 1 amide bonds. The molecule has 2 saturated heterocycles. The van der Waals surface area contributed by atoms with Gasteiger partial charge in [0.2, 0.25) is 0 Å². The lowest BCUT2D eigenvalue weighted by Gasteiger charge is -2.37. The molecule has 1 aliphatic carbocycles. The number of carbonyl (C=O) groups excluding carboxylic acids is 1. The summed E-state index contributed by atoms with van der Waals surface area (Å²) in [7, 11) is 0. The van der Waals surface area contributed by atoms with Gasteiger partial charge in [-0.25, -0.2) is 0 Å². The smallest absolute Gasteiger partial charge is 0.270 e. The Morgan fingerprint density at radius 1 is 1.15 bits per heavy atom. The summed E-state index contributed by atoms with van der Waals surface area (Å²) in [5, 5.41) is 0. The van der Waals surface area contributed by atoms with E-state index < -0.39 is 0 Å². The summed E-state index contributed by atoms with van der Waals surface area (Å²) < 4.78 is 3.19. The van der Waals surface area contributed by atoms with Crippen molar-refractivity contribution in [3.63, 3.8) is 0 Å². The molecule has 1 saturated carbocycles. The van der Waals surface area contributed by atoms with Crippen molar-refractivity contribution in [1.82, 2.24) is 14.4 Å². The van der Waals surface area contributed by atoms with Crippen molar-refractivity contribution in [2.45, 2.75) is 37.8 Å². The summed E-state index contributed by atoms with van der Waals surface area (Å²) >= 11 is 3.52. The Kier molecular flexibility index (Phi) is 3.15. The van der Waals surface area contributed by atoms with E-state index in [9.17, 15) is 4.79 Å². The molecule has 5 heteroatoms. The highest BCUT2D eigenvalue weighted by Gasteiger charge is 2.35. The number of hydrogen-bond acceptors (Lipinski definition) is 2. The topological polar surface area (TPSA) is 28.5 Å². The van der Waals surface area contributed by atoms with Crippen LogP contribution in [0.1, 0.15) is 42.2 Å². The number of halogens is 1. The van der Waals surface area contributed by atoms with Gasteiger partial charge in [-0.3, -0.25) is 9.69 Å². The fraction of sp³-hybridized carbons (Fsp3) is 0.667. The average molecular weight is 338 g/mol. The summed E-state index contributed by atoms with van der Waals surface area (Å²) in [5.41, 5.74) is 0.867. The van der Waals surface area contributed by atoms with E-state index >= 15 is 0 Å². The van der Waals surface area contributed by atoms with Crippen molar-refractivity contribution >= 4 is 21.8 Å². The summed E-state index contributed by atoms with van der Waals surface area (Å²) in [4.78, 5) is 17.4. The van der Waals surface area contributed by atoms with E-state index in [2.05, 4.69) is 36.5 Å². The van der Waals surface area contributed by atoms with E-state index in [0.717, 1.165) is 29.8 Å². The zero-order valence-corrected chi connectivity index (χ0v) is 13.2. The maximum absolute atomic E-state index is 12.8. The van der Waals surface area contributed by atoms with Crippen LogP contribution in [-0.2, 0) is 0 Å². The highest BCUT2D eigenvalue weighted by atomic mass is 79.9. The third kappa shape index (κ3) is 2.21. The minimum absolute atomic E-state index is 0.217. The van der Waals surface area contributed by atoms with Crippen molar-refractivity contribution in [2.75, 3.05) is 26.2 Å². The monoisotopic (exact) mass is 337 g/mol. The predicted octanol–water partition coefficient (Wildman–Crippen LogP) is 2.51. The van der Waals surface area contributed by atoms with Gasteiger partial charge in [-0.05, 0) is 54.2 Å². The van der Waals surface area contributed by atoms with Gasteiger partial charge in [0.05, 0.1) is 0 Å². The Morgan fingerprint density at radius 2 is 2.00 bits per heavy atom. The Bertz CT molecular complexity index is 537. The van der Waals surface area contributed by atoms with Crippen LogP contribution < -0.4 is 0 Å². The molecule has 1 atom stereocenters. The number of hydrogen-bond donors (Lipinski definition) is 0. The average Bonchev–Trinajstić information content (AvgIpc) is 3.06. The lowest BCUT2D eigenvalue weighted by atomic mass is 10.1. The van der Waals surface area contributed by atoms with Gasteiger partial charge in [0.15, 0.2) is 0 Å². The minimum atomic E-state index is 0.217. The third-order valence-corrected chi connectivity index (χ3v) is 5.28. The molecule has 3 heterocycles. The summed E-state index contributed by atoms with van der Waals surface area (Å²) in [5.74, 6) is 0.217. The molecule has 3 fully saturated rings. The van der Waals surface area contributed by atoms with Crippen molar-refractivity contribution < 1.29 is 4.79 Å². The normalized spacial score (nSPS) is 26.9. The minimum Gasteiger partial charge on any atom is -0.339 e. The third-order valence-electron chi connectivity index (χ3n) is 4.85. The number of rotatable bonds is 2. The van der Waals surface area contributed by atoms with Crippen LogP contribution in [0.5, 0.6) is 0 Å². The van der Waals surface area contributed by atoms with Gasteiger partial charge in [-0.1, -0.05) is 0 Å². The van der Waals surface area contributed by atoms with E-state index in [0.29, 0.717) is 12.1 Å². The van der Waals surface area contributed by atoms with Gasteiger partial charge < -0.3 is 9.47 Å². The van der Waals surface area contributed by atoms with Crippen LogP contribution in [0.15, 0.2) is 16.7 Å². The van der Waals surface area contributed by atoms with E-state index in [1.54, 1.807) is 0 Å². The van der Waals surface area contributed by atoms with Crippen LogP contribution in [-0.4, -0.2) is 52.5 Å². The van der Waals surface area contributed by atoms with Crippen LogP contribution >= 0.6 is 15.9 Å². The fourth-order valence-corrected chi connectivity index (χ4v) is 4.05. The molecule has 4 nitrogen and oxygen atoms in total. The largest absolute Gasteiger partial charge is 0.339 e. The first-order valence-electron chi connectivity index (χ1n) is 7.63. The SMILES string of the molecule is O=C(c1cc(Br)cn1C1CC1)N1CCN2CCCC2C1. The van der Waals surface area contributed by atoms with Crippen molar-refractivity contribution in [3.05, 3.63) is 22.4 Å². The van der Waals surface area contributed by atoms with Gasteiger partial charge in [-0.2, -0.15) is 0 Å². The Labute approximate surface area is 127 Å². The second kappa shape index (κ2) is 4.88. The number of fused-ring (bicyclic) bond motifs is 1. The molecule has 1 aromatic heterocycles. The van der Waals surface area contributed by atoms with Crippen LogP contribution in [0.2, 0.25) is 0 Å². The Hall–Kier alpha value is -0.810. The number of nitrogens with zero attached hydrogens (tertiary/aromatic N) is 3. The van der Waals surface area contributed by atoms with E-state index in [1.807, 2.05) is 6.07 Å². The highest BCUT2D eigenvalue weighted by Crippen LogP contribution is 2.38. The van der Waals surface area contributed by atoms with Gasteiger partial charge in [-0.15, -0.1) is 0 Å². The fourth-order valence-electron chi connectivity index (χ4n) is 3.61. The van der Waals surface area contributed by atoms with E-state index in [1.165, 1.54) is 32.2 Å². The summed E-state index contributed by atoms with van der Waals surface area (Å²) in [6.45, 7) is 4.05.